The van der Waals surface area contributed by atoms with Crippen molar-refractivity contribution in [3.63, 3.8) is 0 Å². The van der Waals surface area contributed by atoms with Crippen molar-refractivity contribution < 1.29 is 46.6 Å². The average molecular weight is 551 g/mol. The van der Waals surface area contributed by atoms with Gasteiger partial charge < -0.3 is 20.5 Å². The SMILES string of the molecule is COC(=O)c1sc(C(=O)C(C)C)cc1N.COC(=O)c1sc(C(=O)C(C)C)cc1NC(=O)C(F)(F)F. The third kappa shape index (κ3) is 7.88. The summed E-state index contributed by atoms with van der Waals surface area (Å²) in [6.45, 7) is 6.81. The van der Waals surface area contributed by atoms with E-state index in [0.717, 1.165) is 24.5 Å². The molecule has 0 radical (unpaired) electrons. The van der Waals surface area contributed by atoms with Gasteiger partial charge in [-0.15, -0.1) is 22.7 Å². The van der Waals surface area contributed by atoms with Crippen LogP contribution in [0.25, 0.3) is 0 Å². The van der Waals surface area contributed by atoms with Gasteiger partial charge in [0.25, 0.3) is 0 Å². The van der Waals surface area contributed by atoms with Crippen LogP contribution >= 0.6 is 22.7 Å². The lowest BCUT2D eigenvalue weighted by Gasteiger charge is -2.07. The van der Waals surface area contributed by atoms with Crippen molar-refractivity contribution in [2.24, 2.45) is 11.8 Å². The molecule has 0 saturated heterocycles. The summed E-state index contributed by atoms with van der Waals surface area (Å²) in [6, 6.07) is 2.57. The largest absolute Gasteiger partial charge is 0.471 e. The van der Waals surface area contributed by atoms with Gasteiger partial charge in [0.2, 0.25) is 0 Å². The van der Waals surface area contributed by atoms with Gasteiger partial charge in [0.1, 0.15) is 9.75 Å². The van der Waals surface area contributed by atoms with Crippen LogP contribution in [0.4, 0.5) is 24.5 Å². The number of nitrogens with one attached hydrogen (secondary N) is 1. The normalized spacial score (nSPS) is 11.0. The van der Waals surface area contributed by atoms with E-state index < -0.39 is 35.6 Å². The van der Waals surface area contributed by atoms with Crippen molar-refractivity contribution in [1.29, 1.82) is 0 Å². The Hall–Kier alpha value is -3.26. The molecule has 0 unspecified atom stereocenters. The number of nitrogens with two attached hydrogens (primary N) is 1. The molecule has 2 aromatic rings. The Bertz CT molecular complexity index is 1150. The Morgan fingerprint density at radius 1 is 0.833 bits per heavy atom. The molecule has 0 fully saturated rings. The zero-order valence-corrected chi connectivity index (χ0v) is 21.8. The number of esters is 2. The lowest BCUT2D eigenvalue weighted by Crippen LogP contribution is -2.30. The third-order valence-electron chi connectivity index (χ3n) is 4.27. The Balaban J connectivity index is 0.000000381. The quantitative estimate of drug-likeness (QED) is 0.369. The summed E-state index contributed by atoms with van der Waals surface area (Å²) in [5.41, 5.74) is 5.52. The molecule has 9 nitrogen and oxygen atoms in total. The molecule has 198 valence electrons. The van der Waals surface area contributed by atoms with E-state index in [9.17, 15) is 37.1 Å². The number of hydrogen-bond donors (Lipinski definition) is 2. The van der Waals surface area contributed by atoms with Gasteiger partial charge in [0.15, 0.2) is 11.6 Å². The number of ether oxygens (including phenoxy) is 2. The van der Waals surface area contributed by atoms with Crippen LogP contribution in [0.5, 0.6) is 0 Å². The summed E-state index contributed by atoms with van der Waals surface area (Å²) in [5.74, 6) is -4.53. The van der Waals surface area contributed by atoms with Crippen LogP contribution in [0.1, 0.15) is 66.4 Å². The number of nitrogen functional groups attached to an aromatic ring is 1. The lowest BCUT2D eigenvalue weighted by molar-refractivity contribution is -0.167. The number of anilines is 2. The highest BCUT2D eigenvalue weighted by Gasteiger charge is 2.39. The highest BCUT2D eigenvalue weighted by molar-refractivity contribution is 7.17. The number of halogens is 3. The maximum absolute atomic E-state index is 12.3. The van der Waals surface area contributed by atoms with Crippen molar-refractivity contribution in [3.05, 3.63) is 31.6 Å². The summed E-state index contributed by atoms with van der Waals surface area (Å²) in [5, 5.41) is 1.57. The first-order chi connectivity index (χ1) is 16.5. The van der Waals surface area contributed by atoms with Crippen molar-refractivity contribution in [1.82, 2.24) is 0 Å². The summed E-state index contributed by atoms with van der Waals surface area (Å²) in [7, 11) is 2.33. The predicted octanol–water partition coefficient (Wildman–Crippen LogP) is 4.83. The second-order valence-electron chi connectivity index (χ2n) is 7.72. The molecule has 1 amide bonds. The number of methoxy groups -OCH3 is 2. The van der Waals surface area contributed by atoms with Crippen molar-refractivity contribution in [3.8, 4) is 0 Å². The molecule has 0 saturated carbocycles. The molecule has 2 aromatic heterocycles. The van der Waals surface area contributed by atoms with Crippen LogP contribution < -0.4 is 11.1 Å². The minimum absolute atomic E-state index is 0.0122. The van der Waals surface area contributed by atoms with Crippen LogP contribution in [0.2, 0.25) is 0 Å². The molecular formula is C22H25F3N2O7S2. The van der Waals surface area contributed by atoms with Gasteiger partial charge in [-0.25, -0.2) is 9.59 Å². The Morgan fingerprint density at radius 3 is 1.67 bits per heavy atom. The second-order valence-corrected chi connectivity index (χ2v) is 9.83. The summed E-state index contributed by atoms with van der Waals surface area (Å²) in [6.07, 6.45) is -5.10. The lowest BCUT2D eigenvalue weighted by atomic mass is 10.1. The smallest absolute Gasteiger partial charge is 0.465 e. The molecule has 0 bridgehead atoms. The van der Waals surface area contributed by atoms with Gasteiger partial charge in [-0.05, 0) is 12.1 Å². The number of ketones is 2. The highest BCUT2D eigenvalue weighted by Crippen LogP contribution is 2.31. The summed E-state index contributed by atoms with van der Waals surface area (Å²) >= 11 is 1.75. The van der Waals surface area contributed by atoms with Crippen LogP contribution in [0, 0.1) is 11.8 Å². The van der Waals surface area contributed by atoms with Crippen molar-refractivity contribution in [2.45, 2.75) is 33.9 Å². The van der Waals surface area contributed by atoms with Crippen molar-refractivity contribution >= 4 is 63.5 Å². The molecule has 14 heteroatoms. The molecule has 3 N–H and O–H groups in total. The van der Waals surface area contributed by atoms with Crippen LogP contribution in [-0.4, -0.2) is 49.8 Å². The fraction of sp³-hybridized carbons (Fsp3) is 0.409. The first-order valence-corrected chi connectivity index (χ1v) is 11.8. The number of rotatable bonds is 7. The van der Waals surface area contributed by atoms with Gasteiger partial charge in [0.05, 0.1) is 35.3 Å². The zero-order chi connectivity index (χ0) is 28.0. The fourth-order valence-electron chi connectivity index (χ4n) is 2.39. The first-order valence-electron chi connectivity index (χ1n) is 10.2. The second kappa shape index (κ2) is 12.6. The third-order valence-corrected chi connectivity index (χ3v) is 6.55. The van der Waals surface area contributed by atoms with E-state index in [1.54, 1.807) is 33.0 Å². The molecule has 0 atom stereocenters. The van der Waals surface area contributed by atoms with Gasteiger partial charge in [-0.2, -0.15) is 13.2 Å². The topological polar surface area (TPSA) is 142 Å². The van der Waals surface area contributed by atoms with Crippen LogP contribution in [-0.2, 0) is 14.3 Å². The monoisotopic (exact) mass is 550 g/mol. The fourth-order valence-corrected chi connectivity index (χ4v) is 4.60. The predicted molar refractivity (Wildman–Crippen MR) is 129 cm³/mol. The Labute approximate surface area is 212 Å². The molecular weight excluding hydrogens is 525 g/mol. The molecule has 2 rings (SSSR count). The zero-order valence-electron chi connectivity index (χ0n) is 20.2. The summed E-state index contributed by atoms with van der Waals surface area (Å²) in [4.78, 5) is 57.7. The van der Waals surface area contributed by atoms with Crippen LogP contribution in [0.15, 0.2) is 12.1 Å². The minimum atomic E-state index is -5.10. The molecule has 0 aliphatic carbocycles. The van der Waals surface area contributed by atoms with E-state index in [2.05, 4.69) is 9.47 Å². The Kier molecular flexibility index (Phi) is 10.8. The van der Waals surface area contributed by atoms with E-state index in [1.165, 1.54) is 13.2 Å². The van der Waals surface area contributed by atoms with E-state index in [1.807, 2.05) is 0 Å². The number of carbonyl (C=O) groups excluding carboxylic acids is 5. The van der Waals surface area contributed by atoms with Gasteiger partial charge in [-0.1, -0.05) is 27.7 Å². The van der Waals surface area contributed by atoms with E-state index in [4.69, 9.17) is 5.73 Å². The minimum Gasteiger partial charge on any atom is -0.465 e. The molecule has 0 aliphatic rings. The number of hydrogen-bond acceptors (Lipinski definition) is 10. The maximum atomic E-state index is 12.3. The van der Waals surface area contributed by atoms with Gasteiger partial charge in [0, 0.05) is 11.8 Å². The Morgan fingerprint density at radius 2 is 1.25 bits per heavy atom. The molecule has 2 heterocycles. The first kappa shape index (κ1) is 30.8. The summed E-state index contributed by atoms with van der Waals surface area (Å²) < 4.78 is 45.7. The van der Waals surface area contributed by atoms with Crippen LogP contribution in [0.3, 0.4) is 0 Å². The standard InChI is InChI=1S/C12H12F3NO4S.C10H13NO3S/c1-5(2)8(17)7-4-6(9(21-7)10(18)20-3)16-11(19)12(13,14)15;1-5(2)8(12)7-4-6(11)9(15-7)10(13)14-3/h4-5H,1-3H3,(H,16,19);4-5H,11H2,1-3H3. The number of alkyl halides is 3. The molecule has 36 heavy (non-hydrogen) atoms. The van der Waals surface area contributed by atoms with Gasteiger partial charge >= 0.3 is 24.0 Å². The van der Waals surface area contributed by atoms with Crippen molar-refractivity contribution in [2.75, 3.05) is 25.3 Å². The van der Waals surface area contributed by atoms with Gasteiger partial charge in [-0.3, -0.25) is 14.4 Å². The maximum Gasteiger partial charge on any atom is 0.471 e. The number of thiophene rings is 2. The number of amides is 1. The highest BCUT2D eigenvalue weighted by atomic mass is 32.1. The van der Waals surface area contributed by atoms with E-state index in [-0.39, 0.29) is 27.2 Å². The van der Waals surface area contributed by atoms with E-state index >= 15 is 0 Å². The molecule has 0 aliphatic heterocycles. The molecule has 0 spiro atoms. The number of Topliss-reactive ketones (excluding diaryl/α,β-unsaturated/α-hetero) is 2. The number of carbonyl (C=O) groups is 5. The molecule has 0 aromatic carbocycles. The van der Waals surface area contributed by atoms with E-state index in [0.29, 0.717) is 26.8 Å². The average Bonchev–Trinajstić information content (AvgIpc) is 3.40.